The Hall–Kier alpha value is -3.02. The fourth-order valence-corrected chi connectivity index (χ4v) is 2.56. The van der Waals surface area contributed by atoms with Crippen molar-refractivity contribution >= 4 is 5.91 Å². The standard InChI is InChI=1S/C20H16F3NO2/c1-13(14-6-3-2-4-7-14)24-19(25)18-11-10-17(26-18)15-8-5-9-16(12-15)20(21,22)23/h2-13H,1H3,(H,24,25)/t13-/m1/s1. The highest BCUT2D eigenvalue weighted by atomic mass is 19.4. The number of hydrogen-bond donors (Lipinski definition) is 1. The Bertz CT molecular complexity index is 901. The van der Waals surface area contributed by atoms with E-state index in [0.717, 1.165) is 17.7 Å². The lowest BCUT2D eigenvalue weighted by atomic mass is 10.1. The molecule has 1 heterocycles. The maximum absolute atomic E-state index is 12.8. The number of hydrogen-bond acceptors (Lipinski definition) is 2. The van der Waals surface area contributed by atoms with Gasteiger partial charge in [0, 0.05) is 5.56 Å². The van der Waals surface area contributed by atoms with E-state index in [1.54, 1.807) is 0 Å². The minimum Gasteiger partial charge on any atom is -0.451 e. The van der Waals surface area contributed by atoms with Crippen LogP contribution in [-0.2, 0) is 6.18 Å². The molecule has 2 aromatic carbocycles. The monoisotopic (exact) mass is 359 g/mol. The third-order valence-corrected chi connectivity index (χ3v) is 3.95. The summed E-state index contributed by atoms with van der Waals surface area (Å²) in [6.07, 6.45) is -4.44. The highest BCUT2D eigenvalue weighted by Crippen LogP contribution is 2.32. The van der Waals surface area contributed by atoms with Crippen molar-refractivity contribution in [1.29, 1.82) is 0 Å². The van der Waals surface area contributed by atoms with Gasteiger partial charge in [-0.05, 0) is 36.8 Å². The number of rotatable bonds is 4. The van der Waals surface area contributed by atoms with Gasteiger partial charge in [0.1, 0.15) is 5.76 Å². The summed E-state index contributed by atoms with van der Waals surface area (Å²) >= 11 is 0. The first kappa shape index (κ1) is 17.8. The number of carbonyl (C=O) groups excluding carboxylic acids is 1. The summed E-state index contributed by atoms with van der Waals surface area (Å²) in [5.74, 6) is -0.187. The van der Waals surface area contributed by atoms with Gasteiger partial charge in [0.05, 0.1) is 11.6 Å². The van der Waals surface area contributed by atoms with E-state index >= 15 is 0 Å². The van der Waals surface area contributed by atoms with Crippen molar-refractivity contribution in [2.24, 2.45) is 0 Å². The lowest BCUT2D eigenvalue weighted by molar-refractivity contribution is -0.137. The third kappa shape index (κ3) is 3.96. The largest absolute Gasteiger partial charge is 0.451 e. The molecule has 0 radical (unpaired) electrons. The second kappa shape index (κ2) is 7.07. The molecule has 3 nitrogen and oxygen atoms in total. The fraction of sp³-hybridized carbons (Fsp3) is 0.150. The average Bonchev–Trinajstić information content (AvgIpc) is 3.12. The normalized spacial score (nSPS) is 12.6. The van der Waals surface area contributed by atoms with Crippen molar-refractivity contribution in [3.8, 4) is 11.3 Å². The zero-order valence-electron chi connectivity index (χ0n) is 13.9. The number of alkyl halides is 3. The molecule has 1 atom stereocenters. The van der Waals surface area contributed by atoms with Crippen LogP contribution in [-0.4, -0.2) is 5.91 Å². The average molecular weight is 359 g/mol. The highest BCUT2D eigenvalue weighted by molar-refractivity contribution is 5.92. The zero-order valence-corrected chi connectivity index (χ0v) is 13.9. The van der Waals surface area contributed by atoms with Crippen LogP contribution in [0.15, 0.2) is 71.1 Å². The molecule has 134 valence electrons. The van der Waals surface area contributed by atoms with Gasteiger partial charge in [-0.2, -0.15) is 13.2 Å². The van der Waals surface area contributed by atoms with Gasteiger partial charge in [-0.3, -0.25) is 4.79 Å². The first-order valence-electron chi connectivity index (χ1n) is 7.98. The molecule has 1 amide bonds. The zero-order chi connectivity index (χ0) is 18.7. The summed E-state index contributed by atoms with van der Waals surface area (Å²) in [5.41, 5.74) is 0.426. The van der Waals surface area contributed by atoms with E-state index in [1.165, 1.54) is 24.3 Å². The molecule has 0 saturated heterocycles. The Balaban J connectivity index is 1.76. The molecule has 1 aromatic heterocycles. The molecule has 6 heteroatoms. The van der Waals surface area contributed by atoms with E-state index in [1.807, 2.05) is 37.3 Å². The van der Waals surface area contributed by atoms with Crippen molar-refractivity contribution < 1.29 is 22.4 Å². The molecule has 0 unspecified atom stereocenters. The number of nitrogens with one attached hydrogen (secondary N) is 1. The maximum atomic E-state index is 12.8. The molecule has 3 aromatic rings. The Kier molecular flexibility index (Phi) is 4.84. The van der Waals surface area contributed by atoms with Crippen LogP contribution in [0, 0.1) is 0 Å². The lowest BCUT2D eigenvalue weighted by Crippen LogP contribution is -2.26. The first-order chi connectivity index (χ1) is 12.3. The maximum Gasteiger partial charge on any atom is 0.416 e. The van der Waals surface area contributed by atoms with Gasteiger partial charge in [-0.25, -0.2) is 0 Å². The Morgan fingerprint density at radius 2 is 1.73 bits per heavy atom. The van der Waals surface area contributed by atoms with Crippen molar-refractivity contribution in [3.63, 3.8) is 0 Å². The summed E-state index contributed by atoms with van der Waals surface area (Å²) < 4.78 is 43.9. The molecule has 0 aliphatic rings. The molecule has 0 bridgehead atoms. The van der Waals surface area contributed by atoms with Crippen LogP contribution in [0.1, 0.15) is 34.6 Å². The van der Waals surface area contributed by atoms with E-state index in [2.05, 4.69) is 5.32 Å². The summed E-state index contributed by atoms with van der Waals surface area (Å²) in [7, 11) is 0. The molecule has 1 N–H and O–H groups in total. The predicted octanol–water partition coefficient (Wildman–Crippen LogP) is 5.46. The summed E-state index contributed by atoms with van der Waals surface area (Å²) in [6, 6.07) is 16.9. The molecule has 0 fully saturated rings. The molecule has 26 heavy (non-hydrogen) atoms. The van der Waals surface area contributed by atoms with E-state index in [4.69, 9.17) is 4.42 Å². The highest BCUT2D eigenvalue weighted by Gasteiger charge is 2.30. The molecule has 3 rings (SSSR count). The number of amides is 1. The second-order valence-electron chi connectivity index (χ2n) is 5.85. The van der Waals surface area contributed by atoms with Gasteiger partial charge in [-0.1, -0.05) is 42.5 Å². The van der Waals surface area contributed by atoms with Crippen LogP contribution in [0.5, 0.6) is 0 Å². The molecule has 0 aliphatic carbocycles. The van der Waals surface area contributed by atoms with Crippen LogP contribution >= 0.6 is 0 Å². The van der Waals surface area contributed by atoms with Gasteiger partial charge in [0.15, 0.2) is 5.76 Å². The minimum atomic E-state index is -4.44. The van der Waals surface area contributed by atoms with E-state index in [0.29, 0.717) is 0 Å². The molecule has 0 spiro atoms. The molecule has 0 aliphatic heterocycles. The van der Waals surface area contributed by atoms with Gasteiger partial charge >= 0.3 is 6.18 Å². The number of furan rings is 1. The van der Waals surface area contributed by atoms with Crippen molar-refractivity contribution in [3.05, 3.63) is 83.6 Å². The van der Waals surface area contributed by atoms with Crippen LogP contribution in [0.25, 0.3) is 11.3 Å². The summed E-state index contributed by atoms with van der Waals surface area (Å²) in [5, 5.41) is 2.80. The lowest BCUT2D eigenvalue weighted by Gasteiger charge is -2.13. The van der Waals surface area contributed by atoms with Crippen molar-refractivity contribution in [1.82, 2.24) is 5.32 Å². The Morgan fingerprint density at radius 1 is 1.00 bits per heavy atom. The van der Waals surface area contributed by atoms with Crippen LogP contribution in [0.4, 0.5) is 13.2 Å². The van der Waals surface area contributed by atoms with Crippen LogP contribution in [0.3, 0.4) is 0 Å². The van der Waals surface area contributed by atoms with Gasteiger partial charge in [0.2, 0.25) is 0 Å². The predicted molar refractivity (Wildman–Crippen MR) is 91.5 cm³/mol. The smallest absolute Gasteiger partial charge is 0.416 e. The first-order valence-corrected chi connectivity index (χ1v) is 7.98. The van der Waals surface area contributed by atoms with Crippen LogP contribution < -0.4 is 5.32 Å². The quantitative estimate of drug-likeness (QED) is 0.672. The van der Waals surface area contributed by atoms with Gasteiger partial charge in [-0.15, -0.1) is 0 Å². The summed E-state index contributed by atoms with van der Waals surface area (Å²) in [4.78, 5) is 12.3. The number of benzene rings is 2. The second-order valence-corrected chi connectivity index (χ2v) is 5.85. The topological polar surface area (TPSA) is 42.2 Å². The summed E-state index contributed by atoms with van der Waals surface area (Å²) in [6.45, 7) is 1.84. The Morgan fingerprint density at radius 3 is 2.42 bits per heavy atom. The van der Waals surface area contributed by atoms with Gasteiger partial charge < -0.3 is 9.73 Å². The Labute approximate surface area is 148 Å². The SMILES string of the molecule is C[C@@H](NC(=O)c1ccc(-c2cccc(C(F)(F)F)c2)o1)c1ccccc1. The molecular weight excluding hydrogens is 343 g/mol. The van der Waals surface area contributed by atoms with E-state index in [-0.39, 0.29) is 23.1 Å². The minimum absolute atomic E-state index is 0.0418. The van der Waals surface area contributed by atoms with Crippen molar-refractivity contribution in [2.45, 2.75) is 19.1 Å². The molecule has 0 saturated carbocycles. The third-order valence-electron chi connectivity index (χ3n) is 3.95. The van der Waals surface area contributed by atoms with E-state index in [9.17, 15) is 18.0 Å². The van der Waals surface area contributed by atoms with Gasteiger partial charge in [0.25, 0.3) is 5.91 Å². The van der Waals surface area contributed by atoms with Crippen LogP contribution in [0.2, 0.25) is 0 Å². The molecular formula is C20H16F3NO2. The number of halogens is 3. The van der Waals surface area contributed by atoms with E-state index < -0.39 is 17.6 Å². The van der Waals surface area contributed by atoms with Crippen molar-refractivity contribution in [2.75, 3.05) is 0 Å². The fourth-order valence-electron chi connectivity index (χ4n) is 2.56. The number of carbonyl (C=O) groups is 1.